The largest absolute Gasteiger partial charge is 0.308 e. The summed E-state index contributed by atoms with van der Waals surface area (Å²) in [7, 11) is -3.32. The average molecular weight is 394 g/mol. The van der Waals surface area contributed by atoms with Crippen LogP contribution in [0.5, 0.6) is 0 Å². The number of hydrogen-bond donors (Lipinski definition) is 1. The average Bonchev–Trinajstić information content (AvgIpc) is 3.27. The summed E-state index contributed by atoms with van der Waals surface area (Å²) in [5.41, 5.74) is 1.16. The molecule has 142 valence electrons. The van der Waals surface area contributed by atoms with E-state index >= 15 is 0 Å². The number of nitrogens with zero attached hydrogens (tertiary/aromatic N) is 2. The van der Waals surface area contributed by atoms with Gasteiger partial charge in [-0.2, -0.15) is 4.31 Å². The molecule has 1 N–H and O–H groups in total. The molecule has 0 bridgehead atoms. The van der Waals surface area contributed by atoms with E-state index in [4.69, 9.17) is 0 Å². The van der Waals surface area contributed by atoms with Crippen LogP contribution in [0.2, 0.25) is 0 Å². The van der Waals surface area contributed by atoms with Gasteiger partial charge < -0.3 is 5.32 Å². The van der Waals surface area contributed by atoms with E-state index in [0.717, 1.165) is 30.0 Å². The maximum atomic E-state index is 12.5. The highest BCUT2D eigenvalue weighted by atomic mass is 32.2. The summed E-state index contributed by atoms with van der Waals surface area (Å²) >= 11 is 1.74. The second-order valence-corrected chi connectivity index (χ2v) is 10.8. The van der Waals surface area contributed by atoms with Gasteiger partial charge in [0.15, 0.2) is 0 Å². The standard InChI is InChI=1S/C19H27N3O2S2/c1-19(2,3)18-21-14-16(25-18)13-20-12-15-6-8-17(9-7-15)26(23,24)22-10-4-5-11-22/h6-9,14,20H,4-5,10-13H2,1-3H3. The van der Waals surface area contributed by atoms with Gasteiger partial charge >= 0.3 is 0 Å². The smallest absolute Gasteiger partial charge is 0.243 e. The Morgan fingerprint density at radius 3 is 2.35 bits per heavy atom. The van der Waals surface area contributed by atoms with E-state index in [1.807, 2.05) is 18.3 Å². The Bertz CT molecular complexity index is 830. The van der Waals surface area contributed by atoms with Crippen LogP contribution in [0.25, 0.3) is 0 Å². The molecular weight excluding hydrogens is 366 g/mol. The predicted molar refractivity (Wildman–Crippen MR) is 106 cm³/mol. The lowest BCUT2D eigenvalue weighted by Crippen LogP contribution is -2.27. The number of nitrogens with one attached hydrogen (secondary N) is 1. The van der Waals surface area contributed by atoms with E-state index in [1.165, 1.54) is 4.88 Å². The second kappa shape index (κ2) is 7.76. The fourth-order valence-corrected chi connectivity index (χ4v) is 5.38. The van der Waals surface area contributed by atoms with Crippen molar-refractivity contribution in [3.05, 3.63) is 45.9 Å². The number of rotatable bonds is 6. The van der Waals surface area contributed by atoms with Crippen molar-refractivity contribution in [2.24, 2.45) is 0 Å². The lowest BCUT2D eigenvalue weighted by molar-refractivity contribution is 0.477. The summed E-state index contributed by atoms with van der Waals surface area (Å²) in [5.74, 6) is 0. The molecule has 7 heteroatoms. The summed E-state index contributed by atoms with van der Waals surface area (Å²) in [5, 5.41) is 4.55. The van der Waals surface area contributed by atoms with Crippen LogP contribution in [0.4, 0.5) is 0 Å². The molecule has 1 aliphatic heterocycles. The fourth-order valence-electron chi connectivity index (χ4n) is 2.92. The SMILES string of the molecule is CC(C)(C)c1ncc(CNCc2ccc(S(=O)(=O)N3CCCC3)cc2)s1. The summed E-state index contributed by atoms with van der Waals surface area (Å²) in [6.45, 7) is 9.24. The Labute approximate surface area is 160 Å². The zero-order valence-electron chi connectivity index (χ0n) is 15.7. The van der Waals surface area contributed by atoms with E-state index < -0.39 is 10.0 Å². The van der Waals surface area contributed by atoms with Crippen molar-refractivity contribution < 1.29 is 8.42 Å². The molecule has 1 fully saturated rings. The maximum Gasteiger partial charge on any atom is 0.243 e. The van der Waals surface area contributed by atoms with Crippen LogP contribution in [0, 0.1) is 0 Å². The summed E-state index contributed by atoms with van der Waals surface area (Å²) in [6, 6.07) is 7.22. The Morgan fingerprint density at radius 2 is 1.77 bits per heavy atom. The molecule has 1 saturated heterocycles. The first kappa shape index (κ1) is 19.5. The fraction of sp³-hybridized carbons (Fsp3) is 0.526. The van der Waals surface area contributed by atoms with Gasteiger partial charge in [-0.1, -0.05) is 32.9 Å². The van der Waals surface area contributed by atoms with Crippen molar-refractivity contribution >= 4 is 21.4 Å². The van der Waals surface area contributed by atoms with Gasteiger partial charge in [-0.15, -0.1) is 11.3 Å². The highest BCUT2D eigenvalue weighted by Crippen LogP contribution is 2.26. The number of hydrogen-bond acceptors (Lipinski definition) is 5. The Kier molecular flexibility index (Phi) is 5.81. The number of aromatic nitrogens is 1. The Balaban J connectivity index is 1.55. The van der Waals surface area contributed by atoms with Crippen molar-refractivity contribution in [2.45, 2.75) is 57.0 Å². The minimum atomic E-state index is -3.32. The van der Waals surface area contributed by atoms with Gasteiger partial charge in [0.05, 0.1) is 9.90 Å². The zero-order valence-corrected chi connectivity index (χ0v) is 17.3. The van der Waals surface area contributed by atoms with Crippen molar-refractivity contribution in [1.82, 2.24) is 14.6 Å². The van der Waals surface area contributed by atoms with Gasteiger partial charge in [0.1, 0.15) is 0 Å². The molecule has 0 spiro atoms. The van der Waals surface area contributed by atoms with Gasteiger partial charge in [0.25, 0.3) is 0 Å². The summed E-state index contributed by atoms with van der Waals surface area (Å²) in [4.78, 5) is 6.10. The van der Waals surface area contributed by atoms with Crippen LogP contribution in [0.1, 0.15) is 49.1 Å². The van der Waals surface area contributed by atoms with Crippen molar-refractivity contribution in [1.29, 1.82) is 0 Å². The van der Waals surface area contributed by atoms with E-state index in [1.54, 1.807) is 27.8 Å². The molecule has 5 nitrogen and oxygen atoms in total. The molecular formula is C19H27N3O2S2. The van der Waals surface area contributed by atoms with E-state index in [2.05, 4.69) is 31.1 Å². The normalized spacial score (nSPS) is 16.3. The number of thiazole rings is 1. The van der Waals surface area contributed by atoms with Crippen molar-refractivity contribution in [2.75, 3.05) is 13.1 Å². The third-order valence-corrected chi connectivity index (χ3v) is 7.79. The second-order valence-electron chi connectivity index (χ2n) is 7.74. The lowest BCUT2D eigenvalue weighted by atomic mass is 9.98. The van der Waals surface area contributed by atoms with Gasteiger partial charge in [0.2, 0.25) is 10.0 Å². The van der Waals surface area contributed by atoms with Gasteiger partial charge in [-0.05, 0) is 30.5 Å². The maximum absolute atomic E-state index is 12.5. The van der Waals surface area contributed by atoms with Crippen molar-refractivity contribution in [3.63, 3.8) is 0 Å². The van der Waals surface area contributed by atoms with Crippen LogP contribution in [0.3, 0.4) is 0 Å². The molecule has 3 rings (SSSR count). The molecule has 2 aromatic rings. The monoisotopic (exact) mass is 393 g/mol. The molecule has 0 atom stereocenters. The molecule has 0 radical (unpaired) electrons. The highest BCUT2D eigenvalue weighted by molar-refractivity contribution is 7.89. The van der Waals surface area contributed by atoms with E-state index in [0.29, 0.717) is 24.5 Å². The lowest BCUT2D eigenvalue weighted by Gasteiger charge is -2.15. The first-order chi connectivity index (χ1) is 12.3. The minimum absolute atomic E-state index is 0.0829. The van der Waals surface area contributed by atoms with Crippen LogP contribution in [0.15, 0.2) is 35.4 Å². The van der Waals surface area contributed by atoms with Gasteiger partial charge in [0, 0.05) is 42.7 Å². The molecule has 1 aromatic heterocycles. The molecule has 0 saturated carbocycles. The highest BCUT2D eigenvalue weighted by Gasteiger charge is 2.26. The molecule has 2 heterocycles. The summed E-state index contributed by atoms with van der Waals surface area (Å²) in [6.07, 6.45) is 3.84. The topological polar surface area (TPSA) is 62.3 Å². The molecule has 0 aliphatic carbocycles. The van der Waals surface area contributed by atoms with Crippen LogP contribution in [-0.4, -0.2) is 30.8 Å². The number of benzene rings is 1. The minimum Gasteiger partial charge on any atom is -0.308 e. The molecule has 0 unspecified atom stereocenters. The van der Waals surface area contributed by atoms with Crippen LogP contribution >= 0.6 is 11.3 Å². The molecule has 1 aromatic carbocycles. The van der Waals surface area contributed by atoms with E-state index in [-0.39, 0.29) is 5.41 Å². The quantitative estimate of drug-likeness (QED) is 0.816. The third-order valence-electron chi connectivity index (χ3n) is 4.45. The Hall–Kier alpha value is -1.28. The van der Waals surface area contributed by atoms with Crippen molar-refractivity contribution in [3.8, 4) is 0 Å². The zero-order chi connectivity index (χ0) is 18.8. The third kappa shape index (κ3) is 4.52. The predicted octanol–water partition coefficient (Wildman–Crippen LogP) is 3.51. The van der Waals surface area contributed by atoms with Gasteiger partial charge in [-0.3, -0.25) is 0 Å². The molecule has 1 aliphatic rings. The van der Waals surface area contributed by atoms with Gasteiger partial charge in [-0.25, -0.2) is 13.4 Å². The van der Waals surface area contributed by atoms with Crippen LogP contribution in [-0.2, 0) is 28.5 Å². The first-order valence-electron chi connectivity index (χ1n) is 9.02. The molecule has 26 heavy (non-hydrogen) atoms. The molecule has 0 amide bonds. The summed E-state index contributed by atoms with van der Waals surface area (Å²) < 4.78 is 26.6. The van der Waals surface area contributed by atoms with Crippen LogP contribution < -0.4 is 5.32 Å². The number of sulfonamides is 1. The van der Waals surface area contributed by atoms with E-state index in [9.17, 15) is 8.42 Å². The Morgan fingerprint density at radius 1 is 1.12 bits per heavy atom. The first-order valence-corrected chi connectivity index (χ1v) is 11.3.